The van der Waals surface area contributed by atoms with Crippen LogP contribution in [0.4, 0.5) is 0 Å². The van der Waals surface area contributed by atoms with E-state index in [4.69, 9.17) is 0 Å². The number of hydrogen-bond acceptors (Lipinski definition) is 2. The molecule has 2 rings (SSSR count). The molecule has 1 heterocycles. The predicted octanol–water partition coefficient (Wildman–Crippen LogP) is 2.93. The summed E-state index contributed by atoms with van der Waals surface area (Å²) in [6.45, 7) is 6.99. The first-order valence-corrected chi connectivity index (χ1v) is 7.73. The average Bonchev–Trinajstić information content (AvgIpc) is 2.87. The van der Waals surface area contributed by atoms with Crippen molar-refractivity contribution in [1.82, 2.24) is 9.88 Å². The van der Waals surface area contributed by atoms with Crippen molar-refractivity contribution in [2.24, 2.45) is 5.92 Å². The van der Waals surface area contributed by atoms with Gasteiger partial charge in [0.1, 0.15) is 0 Å². The molecule has 0 radical (unpaired) electrons. The van der Waals surface area contributed by atoms with Crippen LogP contribution in [0.15, 0.2) is 18.5 Å². The van der Waals surface area contributed by atoms with Gasteiger partial charge in [-0.3, -0.25) is 0 Å². The van der Waals surface area contributed by atoms with E-state index in [-0.39, 0.29) is 0 Å². The topological polar surface area (TPSA) is 37.2 Å². The van der Waals surface area contributed by atoms with Crippen LogP contribution >= 0.6 is 0 Å². The van der Waals surface area contributed by atoms with Crippen molar-refractivity contribution >= 4 is 0 Å². The van der Waals surface area contributed by atoms with Crippen molar-refractivity contribution < 1.29 is 5.11 Å². The Labute approximate surface area is 117 Å². The zero-order valence-electron chi connectivity index (χ0n) is 12.4. The van der Waals surface area contributed by atoms with Crippen molar-refractivity contribution in [1.29, 1.82) is 0 Å². The zero-order chi connectivity index (χ0) is 13.7. The summed E-state index contributed by atoms with van der Waals surface area (Å²) in [6.07, 6.45) is 9.81. The Hall–Kier alpha value is -0.800. The number of rotatable bonds is 6. The first-order chi connectivity index (χ1) is 9.15. The summed E-state index contributed by atoms with van der Waals surface area (Å²) >= 11 is 0. The van der Waals surface area contributed by atoms with E-state index in [2.05, 4.69) is 42.2 Å². The average molecular weight is 264 g/mol. The van der Waals surface area contributed by atoms with Crippen molar-refractivity contribution in [3.8, 4) is 0 Å². The van der Waals surface area contributed by atoms with Gasteiger partial charge in [-0.25, -0.2) is 0 Å². The Bertz CT molecular complexity index is 378. The molecule has 0 bridgehead atoms. The maximum absolute atomic E-state index is 10.5. The molecule has 0 unspecified atom stereocenters. The fourth-order valence-corrected chi connectivity index (χ4v) is 3.03. The van der Waals surface area contributed by atoms with Crippen LogP contribution in [-0.4, -0.2) is 21.8 Å². The quantitative estimate of drug-likeness (QED) is 0.829. The molecular formula is C16H28N2O. The van der Waals surface area contributed by atoms with Crippen LogP contribution in [0.1, 0.15) is 51.5 Å². The highest BCUT2D eigenvalue weighted by molar-refractivity contribution is 5.10. The third kappa shape index (κ3) is 4.08. The molecule has 3 heteroatoms. The van der Waals surface area contributed by atoms with Crippen LogP contribution in [-0.2, 0) is 13.1 Å². The Morgan fingerprint density at radius 1 is 1.37 bits per heavy atom. The molecule has 0 atom stereocenters. The lowest BCUT2D eigenvalue weighted by Gasteiger charge is -2.36. The summed E-state index contributed by atoms with van der Waals surface area (Å²) in [4.78, 5) is 0. The highest BCUT2D eigenvalue weighted by atomic mass is 16.3. The van der Waals surface area contributed by atoms with Gasteiger partial charge < -0.3 is 15.0 Å². The van der Waals surface area contributed by atoms with E-state index in [1.807, 2.05) is 0 Å². The molecule has 0 spiro atoms. The fourth-order valence-electron chi connectivity index (χ4n) is 3.03. The second kappa shape index (κ2) is 6.58. The maximum Gasteiger partial charge on any atom is 0.0771 e. The lowest BCUT2D eigenvalue weighted by Crippen LogP contribution is -2.43. The number of hydrogen-bond donors (Lipinski definition) is 2. The third-order valence-corrected chi connectivity index (χ3v) is 4.57. The van der Waals surface area contributed by atoms with Crippen molar-refractivity contribution in [3.05, 3.63) is 24.0 Å². The van der Waals surface area contributed by atoms with Crippen LogP contribution in [0.25, 0.3) is 0 Å². The van der Waals surface area contributed by atoms with Crippen LogP contribution in [0.3, 0.4) is 0 Å². The molecule has 1 aromatic rings. The van der Waals surface area contributed by atoms with Crippen molar-refractivity contribution in [2.75, 3.05) is 6.54 Å². The van der Waals surface area contributed by atoms with Crippen molar-refractivity contribution in [3.63, 3.8) is 0 Å². The molecule has 108 valence electrons. The number of aryl methyl sites for hydroxylation is 1. The van der Waals surface area contributed by atoms with Gasteiger partial charge in [-0.2, -0.15) is 0 Å². The van der Waals surface area contributed by atoms with E-state index >= 15 is 0 Å². The summed E-state index contributed by atoms with van der Waals surface area (Å²) < 4.78 is 2.18. The minimum absolute atomic E-state index is 0.473. The minimum atomic E-state index is -0.473. The molecule has 2 N–H and O–H groups in total. The molecule has 0 saturated heterocycles. The molecule has 1 aromatic heterocycles. The van der Waals surface area contributed by atoms with Gasteiger partial charge in [0.2, 0.25) is 0 Å². The van der Waals surface area contributed by atoms with Gasteiger partial charge in [0.15, 0.2) is 0 Å². The fraction of sp³-hybridized carbons (Fsp3) is 0.750. The zero-order valence-corrected chi connectivity index (χ0v) is 12.4. The molecule has 1 saturated carbocycles. The van der Waals surface area contributed by atoms with E-state index in [0.29, 0.717) is 0 Å². The van der Waals surface area contributed by atoms with Gasteiger partial charge in [0.05, 0.1) is 5.60 Å². The Kier molecular flexibility index (Phi) is 5.06. The number of aliphatic hydroxyl groups is 1. The smallest absolute Gasteiger partial charge is 0.0771 e. The van der Waals surface area contributed by atoms with Gasteiger partial charge in [-0.1, -0.05) is 13.3 Å². The number of aromatic nitrogens is 1. The minimum Gasteiger partial charge on any atom is -0.389 e. The SMILES string of the molecule is CCC1CCC(O)(CNCc2ccn(CC)c2)CC1. The van der Waals surface area contributed by atoms with Gasteiger partial charge in [-0.15, -0.1) is 0 Å². The monoisotopic (exact) mass is 264 g/mol. The first-order valence-electron chi connectivity index (χ1n) is 7.73. The highest BCUT2D eigenvalue weighted by Crippen LogP contribution is 2.33. The molecular weight excluding hydrogens is 236 g/mol. The summed E-state index contributed by atoms with van der Waals surface area (Å²) in [6, 6.07) is 2.15. The predicted molar refractivity (Wildman–Crippen MR) is 79.0 cm³/mol. The van der Waals surface area contributed by atoms with Crippen LogP contribution in [0, 0.1) is 5.92 Å². The summed E-state index contributed by atoms with van der Waals surface area (Å²) in [5, 5.41) is 14.0. The maximum atomic E-state index is 10.5. The Balaban J connectivity index is 1.73. The van der Waals surface area contributed by atoms with Crippen LogP contribution in [0.5, 0.6) is 0 Å². The third-order valence-electron chi connectivity index (χ3n) is 4.57. The summed E-state index contributed by atoms with van der Waals surface area (Å²) in [5.74, 6) is 0.832. The van der Waals surface area contributed by atoms with E-state index in [0.717, 1.165) is 38.4 Å². The lowest BCUT2D eigenvalue weighted by molar-refractivity contribution is -0.00881. The highest BCUT2D eigenvalue weighted by Gasteiger charge is 2.31. The lowest BCUT2D eigenvalue weighted by atomic mass is 9.78. The van der Waals surface area contributed by atoms with E-state index in [9.17, 15) is 5.11 Å². The molecule has 0 aromatic carbocycles. The van der Waals surface area contributed by atoms with Gasteiger partial charge >= 0.3 is 0 Å². The van der Waals surface area contributed by atoms with Crippen LogP contribution in [0.2, 0.25) is 0 Å². The second-order valence-corrected chi connectivity index (χ2v) is 6.03. The van der Waals surface area contributed by atoms with E-state index in [1.165, 1.54) is 24.8 Å². The largest absolute Gasteiger partial charge is 0.389 e. The molecule has 0 aliphatic heterocycles. The molecule has 3 nitrogen and oxygen atoms in total. The number of nitrogens with zero attached hydrogens (tertiary/aromatic N) is 1. The number of nitrogens with one attached hydrogen (secondary N) is 1. The summed E-state index contributed by atoms with van der Waals surface area (Å²) in [5.41, 5.74) is 0.826. The Morgan fingerprint density at radius 3 is 2.68 bits per heavy atom. The second-order valence-electron chi connectivity index (χ2n) is 6.03. The molecule has 1 aliphatic rings. The normalized spacial score (nSPS) is 27.6. The molecule has 0 amide bonds. The molecule has 1 aliphatic carbocycles. The van der Waals surface area contributed by atoms with Crippen LogP contribution < -0.4 is 5.32 Å². The Morgan fingerprint density at radius 2 is 2.11 bits per heavy atom. The van der Waals surface area contributed by atoms with Crippen molar-refractivity contribution in [2.45, 2.75) is 64.6 Å². The first kappa shape index (κ1) is 14.6. The van der Waals surface area contributed by atoms with Gasteiger partial charge in [0, 0.05) is 32.0 Å². The molecule has 1 fully saturated rings. The van der Waals surface area contributed by atoms with E-state index < -0.39 is 5.60 Å². The van der Waals surface area contributed by atoms with E-state index in [1.54, 1.807) is 0 Å². The van der Waals surface area contributed by atoms with Gasteiger partial charge in [0.25, 0.3) is 0 Å². The molecule has 19 heavy (non-hydrogen) atoms. The summed E-state index contributed by atoms with van der Waals surface area (Å²) in [7, 11) is 0. The standard InChI is InChI=1S/C16H28N2O/c1-3-14-5-8-16(19,9-6-14)13-17-11-15-7-10-18(4-2)12-15/h7,10,12,14,17,19H,3-6,8-9,11,13H2,1-2H3. The van der Waals surface area contributed by atoms with Gasteiger partial charge in [-0.05, 0) is 50.2 Å².